The van der Waals surface area contributed by atoms with Crippen LogP contribution in [0.2, 0.25) is 0 Å². The lowest BCUT2D eigenvalue weighted by Crippen LogP contribution is -2.16. The van der Waals surface area contributed by atoms with Crippen molar-refractivity contribution in [1.29, 1.82) is 0 Å². The van der Waals surface area contributed by atoms with E-state index >= 15 is 0 Å². The molecule has 0 saturated heterocycles. The van der Waals surface area contributed by atoms with Gasteiger partial charge in [0.2, 0.25) is 0 Å². The van der Waals surface area contributed by atoms with Gasteiger partial charge >= 0.3 is 0 Å². The molecule has 0 spiro atoms. The third-order valence-corrected chi connectivity index (χ3v) is 5.85. The molecule has 3 rings (SSSR count). The molecule has 1 amide bonds. The Labute approximate surface area is 177 Å². The van der Waals surface area contributed by atoms with Crippen LogP contribution < -0.4 is 14.8 Å². The Balaban J connectivity index is 1.78. The molecule has 0 atom stereocenters. The lowest BCUT2D eigenvalue weighted by atomic mass is 10.1. The van der Waals surface area contributed by atoms with Gasteiger partial charge < -0.3 is 10.1 Å². The maximum atomic E-state index is 12.8. The molecule has 3 aromatic rings. The number of para-hydroxylation sites is 1. The number of aryl methyl sites for hydroxylation is 1. The number of nitrogens with one attached hydrogen (secondary N) is 2. The van der Waals surface area contributed by atoms with E-state index in [0.29, 0.717) is 23.7 Å². The van der Waals surface area contributed by atoms with Gasteiger partial charge in [0.25, 0.3) is 15.9 Å². The molecule has 7 heteroatoms. The molecule has 156 valence electrons. The van der Waals surface area contributed by atoms with E-state index in [2.05, 4.69) is 10.0 Å². The summed E-state index contributed by atoms with van der Waals surface area (Å²) < 4.78 is 33.4. The highest BCUT2D eigenvalue weighted by molar-refractivity contribution is 7.92. The first kappa shape index (κ1) is 21.4. The summed E-state index contributed by atoms with van der Waals surface area (Å²) in [4.78, 5) is 12.7. The van der Waals surface area contributed by atoms with Crippen LogP contribution in [0.4, 0.5) is 11.4 Å². The van der Waals surface area contributed by atoms with Gasteiger partial charge in [-0.3, -0.25) is 9.52 Å². The summed E-state index contributed by atoms with van der Waals surface area (Å²) in [7, 11) is -3.85. The highest BCUT2D eigenvalue weighted by atomic mass is 32.2. The van der Waals surface area contributed by atoms with Crippen LogP contribution in [0.1, 0.15) is 29.8 Å². The van der Waals surface area contributed by atoms with Gasteiger partial charge in [0, 0.05) is 16.9 Å². The van der Waals surface area contributed by atoms with Crippen LogP contribution in [0.15, 0.2) is 77.7 Å². The van der Waals surface area contributed by atoms with Gasteiger partial charge in [0.1, 0.15) is 5.75 Å². The first-order chi connectivity index (χ1) is 14.4. The monoisotopic (exact) mass is 424 g/mol. The highest BCUT2D eigenvalue weighted by Gasteiger charge is 2.17. The third-order valence-electron chi connectivity index (χ3n) is 4.47. The van der Waals surface area contributed by atoms with Crippen molar-refractivity contribution in [3.8, 4) is 5.75 Å². The average Bonchev–Trinajstić information content (AvgIpc) is 2.75. The van der Waals surface area contributed by atoms with Crippen molar-refractivity contribution < 1.29 is 17.9 Å². The first-order valence-electron chi connectivity index (χ1n) is 9.68. The second-order valence-electron chi connectivity index (χ2n) is 6.56. The molecule has 0 aliphatic heterocycles. The van der Waals surface area contributed by atoms with Crippen molar-refractivity contribution in [3.63, 3.8) is 0 Å². The van der Waals surface area contributed by atoms with Crippen LogP contribution in [-0.4, -0.2) is 20.9 Å². The predicted molar refractivity (Wildman–Crippen MR) is 119 cm³/mol. The van der Waals surface area contributed by atoms with E-state index in [0.717, 1.165) is 12.0 Å². The first-order valence-corrected chi connectivity index (χ1v) is 11.2. The minimum Gasteiger partial charge on any atom is -0.494 e. The van der Waals surface area contributed by atoms with Crippen LogP contribution in [-0.2, 0) is 16.4 Å². The molecule has 30 heavy (non-hydrogen) atoms. The number of carbonyl (C=O) groups is 1. The lowest BCUT2D eigenvalue weighted by Gasteiger charge is -2.12. The van der Waals surface area contributed by atoms with Crippen LogP contribution in [0, 0.1) is 0 Å². The minimum absolute atomic E-state index is 0.00723. The lowest BCUT2D eigenvalue weighted by molar-refractivity contribution is 0.102. The number of hydrogen-bond donors (Lipinski definition) is 2. The minimum atomic E-state index is -3.85. The van der Waals surface area contributed by atoms with Gasteiger partial charge in [-0.2, -0.15) is 0 Å². The van der Waals surface area contributed by atoms with E-state index in [4.69, 9.17) is 4.74 Å². The van der Waals surface area contributed by atoms with Crippen LogP contribution in [0.5, 0.6) is 5.75 Å². The molecular formula is C23H24N2O4S. The Morgan fingerprint density at radius 3 is 2.37 bits per heavy atom. The Kier molecular flexibility index (Phi) is 6.74. The largest absolute Gasteiger partial charge is 0.494 e. The van der Waals surface area contributed by atoms with Crippen LogP contribution in [0.3, 0.4) is 0 Å². The molecule has 0 fully saturated rings. The zero-order chi connectivity index (χ0) is 21.6. The number of sulfonamides is 1. The quantitative estimate of drug-likeness (QED) is 0.549. The number of ether oxygens (including phenoxy) is 1. The second-order valence-corrected chi connectivity index (χ2v) is 8.24. The van der Waals surface area contributed by atoms with Crippen molar-refractivity contribution in [2.75, 3.05) is 16.6 Å². The van der Waals surface area contributed by atoms with Gasteiger partial charge in [0.05, 0.1) is 11.5 Å². The number of amides is 1. The maximum Gasteiger partial charge on any atom is 0.261 e. The van der Waals surface area contributed by atoms with Gasteiger partial charge in [-0.1, -0.05) is 31.2 Å². The summed E-state index contributed by atoms with van der Waals surface area (Å²) in [6.45, 7) is 4.41. The summed E-state index contributed by atoms with van der Waals surface area (Å²) in [6, 6.07) is 20.1. The number of hydrogen-bond acceptors (Lipinski definition) is 4. The highest BCUT2D eigenvalue weighted by Crippen LogP contribution is 2.21. The zero-order valence-corrected chi connectivity index (χ0v) is 17.7. The topological polar surface area (TPSA) is 84.5 Å². The fourth-order valence-corrected chi connectivity index (χ4v) is 4.05. The third kappa shape index (κ3) is 5.18. The molecular weight excluding hydrogens is 400 g/mol. The summed E-state index contributed by atoms with van der Waals surface area (Å²) in [5.41, 5.74) is 2.39. The van der Waals surface area contributed by atoms with Crippen molar-refractivity contribution in [1.82, 2.24) is 0 Å². The van der Waals surface area contributed by atoms with Crippen molar-refractivity contribution in [2.45, 2.75) is 25.2 Å². The normalized spacial score (nSPS) is 11.0. The molecule has 3 aromatic carbocycles. The Morgan fingerprint density at radius 2 is 1.67 bits per heavy atom. The standard InChI is InChI=1S/C23H24N2O4S/c1-3-17-8-5-6-11-22(17)24-23(26)18-9-7-10-21(16-18)30(27,28)25-19-12-14-20(15-13-19)29-4-2/h5-16,25H,3-4H2,1-2H3,(H,24,26). The van der Waals surface area contributed by atoms with E-state index in [9.17, 15) is 13.2 Å². The number of anilines is 2. The Bertz CT molecular complexity index is 1130. The van der Waals surface area contributed by atoms with Gasteiger partial charge in [0.15, 0.2) is 0 Å². The fraction of sp³-hybridized carbons (Fsp3) is 0.174. The predicted octanol–water partition coefficient (Wildman–Crippen LogP) is 4.70. The zero-order valence-electron chi connectivity index (χ0n) is 16.9. The van der Waals surface area contributed by atoms with Crippen molar-refractivity contribution >= 4 is 27.3 Å². The van der Waals surface area contributed by atoms with E-state index < -0.39 is 10.0 Å². The van der Waals surface area contributed by atoms with E-state index in [1.165, 1.54) is 12.1 Å². The molecule has 0 saturated carbocycles. The van der Waals surface area contributed by atoms with Gasteiger partial charge in [-0.05, 0) is 67.4 Å². The summed E-state index contributed by atoms with van der Waals surface area (Å²) in [6.07, 6.45) is 0.775. The number of benzene rings is 3. The van der Waals surface area contributed by atoms with Crippen molar-refractivity contribution in [2.24, 2.45) is 0 Å². The number of rotatable bonds is 8. The van der Waals surface area contributed by atoms with E-state index in [1.807, 2.05) is 38.1 Å². The molecule has 0 aromatic heterocycles. The summed E-state index contributed by atoms with van der Waals surface area (Å²) in [5.74, 6) is 0.292. The second kappa shape index (κ2) is 9.45. The molecule has 0 bridgehead atoms. The molecule has 0 unspecified atom stereocenters. The Hall–Kier alpha value is -3.32. The maximum absolute atomic E-state index is 12.8. The van der Waals surface area contributed by atoms with E-state index in [-0.39, 0.29) is 16.4 Å². The van der Waals surface area contributed by atoms with Gasteiger partial charge in [-0.15, -0.1) is 0 Å². The number of carbonyl (C=O) groups excluding carboxylic acids is 1. The molecule has 0 radical (unpaired) electrons. The molecule has 0 aliphatic carbocycles. The Morgan fingerprint density at radius 1 is 0.933 bits per heavy atom. The molecule has 0 aliphatic rings. The van der Waals surface area contributed by atoms with Crippen molar-refractivity contribution in [3.05, 3.63) is 83.9 Å². The van der Waals surface area contributed by atoms with Crippen LogP contribution in [0.25, 0.3) is 0 Å². The summed E-state index contributed by atoms with van der Waals surface area (Å²) >= 11 is 0. The smallest absolute Gasteiger partial charge is 0.261 e. The average molecular weight is 425 g/mol. The molecule has 0 heterocycles. The fourth-order valence-electron chi connectivity index (χ4n) is 2.95. The van der Waals surface area contributed by atoms with E-state index in [1.54, 1.807) is 36.4 Å². The van der Waals surface area contributed by atoms with Crippen LogP contribution >= 0.6 is 0 Å². The molecule has 6 nitrogen and oxygen atoms in total. The summed E-state index contributed by atoms with van der Waals surface area (Å²) in [5, 5.41) is 2.86. The van der Waals surface area contributed by atoms with Gasteiger partial charge in [-0.25, -0.2) is 8.42 Å². The molecule has 2 N–H and O–H groups in total. The SMILES string of the molecule is CCOc1ccc(NS(=O)(=O)c2cccc(C(=O)Nc3ccccc3CC)c2)cc1.